The lowest BCUT2D eigenvalue weighted by atomic mass is 10.0. The number of para-hydroxylation sites is 1. The number of aryl methyl sites for hydroxylation is 1. The van der Waals surface area contributed by atoms with Crippen LogP contribution in [0.1, 0.15) is 42.6 Å². The van der Waals surface area contributed by atoms with Gasteiger partial charge in [0.1, 0.15) is 17.9 Å². The molecule has 0 amide bonds. The fourth-order valence-corrected chi connectivity index (χ4v) is 1.84. The van der Waals surface area contributed by atoms with E-state index in [1.807, 2.05) is 19.1 Å². The van der Waals surface area contributed by atoms with Crippen LogP contribution in [0.4, 0.5) is 0 Å². The van der Waals surface area contributed by atoms with E-state index in [4.69, 9.17) is 14.6 Å². The number of carbonyl (C=O) groups excluding carboxylic acids is 1. The Morgan fingerprint density at radius 1 is 1.32 bits per heavy atom. The number of aliphatic hydroxyl groups is 1. The molecule has 1 aromatic rings. The Hall–Kier alpha value is -1.55. The summed E-state index contributed by atoms with van der Waals surface area (Å²) in [6.45, 7) is 4.34. The van der Waals surface area contributed by atoms with Crippen molar-refractivity contribution in [1.82, 2.24) is 0 Å². The third-order valence-corrected chi connectivity index (χ3v) is 2.73. The van der Waals surface area contributed by atoms with E-state index in [-0.39, 0.29) is 13.2 Å². The highest BCUT2D eigenvalue weighted by Crippen LogP contribution is 2.26. The van der Waals surface area contributed by atoms with Crippen LogP contribution in [0.5, 0.6) is 5.75 Å². The van der Waals surface area contributed by atoms with Crippen molar-refractivity contribution in [1.29, 1.82) is 0 Å². The summed E-state index contributed by atoms with van der Waals surface area (Å²) in [7, 11) is 0. The fraction of sp³-hybridized carbons (Fsp3) is 0.533. The predicted octanol–water partition coefficient (Wildman–Crippen LogP) is 2.58. The summed E-state index contributed by atoms with van der Waals surface area (Å²) in [5.41, 5.74) is 1.46. The van der Waals surface area contributed by atoms with Crippen molar-refractivity contribution in [2.75, 3.05) is 19.8 Å². The van der Waals surface area contributed by atoms with Gasteiger partial charge in [0.25, 0.3) is 0 Å². The molecule has 0 aliphatic rings. The quantitative estimate of drug-likeness (QED) is 0.735. The average Bonchev–Trinajstić information content (AvgIpc) is 2.43. The molecule has 0 saturated carbocycles. The lowest BCUT2D eigenvalue weighted by Crippen LogP contribution is -2.12. The van der Waals surface area contributed by atoms with Crippen molar-refractivity contribution in [2.24, 2.45) is 0 Å². The standard InChI is InChI=1S/C15H22O4/c1-3-5-7-12-8-6-9-13(14(12)18-4-2)15(17)19-11-10-16/h6,8-9,16H,3-5,7,10-11H2,1-2H3. The van der Waals surface area contributed by atoms with Gasteiger partial charge in [-0.05, 0) is 31.4 Å². The van der Waals surface area contributed by atoms with E-state index in [1.165, 1.54) is 0 Å². The molecule has 0 atom stereocenters. The topological polar surface area (TPSA) is 55.8 Å². The normalized spacial score (nSPS) is 10.3. The second-order valence-electron chi connectivity index (χ2n) is 4.19. The van der Waals surface area contributed by atoms with E-state index in [0.29, 0.717) is 17.9 Å². The van der Waals surface area contributed by atoms with Gasteiger partial charge in [0, 0.05) is 0 Å². The van der Waals surface area contributed by atoms with Crippen LogP contribution in [-0.4, -0.2) is 30.9 Å². The van der Waals surface area contributed by atoms with E-state index in [9.17, 15) is 4.79 Å². The number of aliphatic hydroxyl groups excluding tert-OH is 1. The van der Waals surface area contributed by atoms with Gasteiger partial charge in [0.2, 0.25) is 0 Å². The molecule has 4 nitrogen and oxygen atoms in total. The molecule has 1 rings (SSSR count). The zero-order valence-electron chi connectivity index (χ0n) is 11.6. The Morgan fingerprint density at radius 3 is 2.74 bits per heavy atom. The first-order valence-electron chi connectivity index (χ1n) is 6.77. The minimum Gasteiger partial charge on any atom is -0.493 e. The summed E-state index contributed by atoms with van der Waals surface area (Å²) in [4.78, 5) is 11.9. The number of hydrogen-bond acceptors (Lipinski definition) is 4. The molecule has 0 aromatic heterocycles. The average molecular weight is 266 g/mol. The fourth-order valence-electron chi connectivity index (χ4n) is 1.84. The maximum absolute atomic E-state index is 11.9. The van der Waals surface area contributed by atoms with Gasteiger partial charge in [-0.2, -0.15) is 0 Å². The largest absolute Gasteiger partial charge is 0.493 e. The smallest absolute Gasteiger partial charge is 0.342 e. The molecule has 1 N–H and O–H groups in total. The first kappa shape index (κ1) is 15.5. The summed E-state index contributed by atoms with van der Waals surface area (Å²) in [5.74, 6) is 0.164. The zero-order chi connectivity index (χ0) is 14.1. The molecule has 0 radical (unpaired) electrons. The number of esters is 1. The Kier molecular flexibility index (Phi) is 6.97. The SMILES string of the molecule is CCCCc1cccc(C(=O)OCCO)c1OCC. The second kappa shape index (κ2) is 8.53. The molecular weight excluding hydrogens is 244 g/mol. The molecule has 0 aliphatic heterocycles. The first-order chi connectivity index (χ1) is 9.24. The lowest BCUT2D eigenvalue weighted by molar-refractivity contribution is 0.0429. The minimum atomic E-state index is -0.448. The predicted molar refractivity (Wildman–Crippen MR) is 73.6 cm³/mol. The number of hydrogen-bond donors (Lipinski definition) is 1. The molecule has 0 saturated heterocycles. The van der Waals surface area contributed by atoms with Crippen LogP contribution in [0.2, 0.25) is 0 Å². The van der Waals surface area contributed by atoms with Gasteiger partial charge < -0.3 is 14.6 Å². The summed E-state index contributed by atoms with van der Waals surface area (Å²) < 4.78 is 10.6. The van der Waals surface area contributed by atoms with Crippen LogP contribution < -0.4 is 4.74 Å². The molecular formula is C15H22O4. The van der Waals surface area contributed by atoms with E-state index in [1.54, 1.807) is 6.07 Å². The highest BCUT2D eigenvalue weighted by atomic mass is 16.5. The Bertz CT molecular complexity index is 401. The second-order valence-corrected chi connectivity index (χ2v) is 4.19. The molecule has 1 aromatic carbocycles. The molecule has 106 valence electrons. The van der Waals surface area contributed by atoms with Crippen molar-refractivity contribution in [3.63, 3.8) is 0 Å². The molecule has 4 heteroatoms. The first-order valence-corrected chi connectivity index (χ1v) is 6.77. The molecule has 19 heavy (non-hydrogen) atoms. The van der Waals surface area contributed by atoms with Gasteiger partial charge in [-0.3, -0.25) is 0 Å². The molecule has 0 aliphatic carbocycles. The number of rotatable bonds is 8. The lowest BCUT2D eigenvalue weighted by Gasteiger charge is -2.14. The summed E-state index contributed by atoms with van der Waals surface area (Å²) in [6.07, 6.45) is 3.02. The van der Waals surface area contributed by atoms with Crippen LogP contribution in [0.15, 0.2) is 18.2 Å². The van der Waals surface area contributed by atoms with Crippen molar-refractivity contribution < 1.29 is 19.4 Å². The van der Waals surface area contributed by atoms with Gasteiger partial charge in [-0.25, -0.2) is 4.79 Å². The number of unbranched alkanes of at least 4 members (excludes halogenated alkanes) is 1. The zero-order valence-corrected chi connectivity index (χ0v) is 11.6. The van der Waals surface area contributed by atoms with Gasteiger partial charge in [-0.1, -0.05) is 25.5 Å². The van der Waals surface area contributed by atoms with E-state index >= 15 is 0 Å². The van der Waals surface area contributed by atoms with Crippen molar-refractivity contribution in [3.05, 3.63) is 29.3 Å². The molecule has 0 fully saturated rings. The third kappa shape index (κ3) is 4.56. The van der Waals surface area contributed by atoms with Gasteiger partial charge in [0.15, 0.2) is 0 Å². The molecule has 0 heterocycles. The number of ether oxygens (including phenoxy) is 2. The Balaban J connectivity index is 2.97. The minimum absolute atomic E-state index is 0.00356. The van der Waals surface area contributed by atoms with Crippen LogP contribution in [0, 0.1) is 0 Å². The van der Waals surface area contributed by atoms with Crippen LogP contribution in [-0.2, 0) is 11.2 Å². The molecule has 0 bridgehead atoms. The van der Waals surface area contributed by atoms with Gasteiger partial charge >= 0.3 is 5.97 Å². The number of carbonyl (C=O) groups is 1. The summed E-state index contributed by atoms with van der Waals surface area (Å²) in [5, 5.41) is 8.70. The molecule has 0 spiro atoms. The van der Waals surface area contributed by atoms with Gasteiger partial charge in [0.05, 0.1) is 13.2 Å². The van der Waals surface area contributed by atoms with E-state index in [2.05, 4.69) is 6.92 Å². The number of benzene rings is 1. The summed E-state index contributed by atoms with van der Waals surface area (Å²) in [6, 6.07) is 5.51. The summed E-state index contributed by atoms with van der Waals surface area (Å²) >= 11 is 0. The maximum atomic E-state index is 11.9. The Labute approximate surface area is 114 Å². The monoisotopic (exact) mass is 266 g/mol. The van der Waals surface area contributed by atoms with Crippen LogP contribution >= 0.6 is 0 Å². The van der Waals surface area contributed by atoms with E-state index in [0.717, 1.165) is 24.8 Å². The highest BCUT2D eigenvalue weighted by Gasteiger charge is 2.17. The van der Waals surface area contributed by atoms with Crippen LogP contribution in [0.25, 0.3) is 0 Å². The Morgan fingerprint density at radius 2 is 2.11 bits per heavy atom. The van der Waals surface area contributed by atoms with Gasteiger partial charge in [-0.15, -0.1) is 0 Å². The van der Waals surface area contributed by atoms with E-state index < -0.39 is 5.97 Å². The van der Waals surface area contributed by atoms with Crippen LogP contribution in [0.3, 0.4) is 0 Å². The third-order valence-electron chi connectivity index (χ3n) is 2.73. The van der Waals surface area contributed by atoms with Crippen molar-refractivity contribution in [3.8, 4) is 5.75 Å². The van der Waals surface area contributed by atoms with Crippen molar-refractivity contribution in [2.45, 2.75) is 33.1 Å². The maximum Gasteiger partial charge on any atom is 0.342 e. The highest BCUT2D eigenvalue weighted by molar-refractivity contribution is 5.93. The van der Waals surface area contributed by atoms with Crippen molar-refractivity contribution >= 4 is 5.97 Å². The molecule has 0 unspecified atom stereocenters.